The van der Waals surface area contributed by atoms with Crippen molar-refractivity contribution in [2.24, 2.45) is 4.99 Å². The van der Waals surface area contributed by atoms with Crippen molar-refractivity contribution in [3.63, 3.8) is 0 Å². The monoisotopic (exact) mass is 387 g/mol. The number of aliphatic imine (C=N–C) groups is 1. The smallest absolute Gasteiger partial charge is 0.422 e. The molecule has 3 unspecified atom stereocenters. The molecule has 27 heavy (non-hydrogen) atoms. The van der Waals surface area contributed by atoms with E-state index >= 15 is 0 Å². The third-order valence-corrected chi connectivity index (χ3v) is 4.73. The van der Waals surface area contributed by atoms with Gasteiger partial charge in [-0.05, 0) is 37.0 Å². The Morgan fingerprint density at radius 2 is 2.11 bits per heavy atom. The molecular weight excluding hydrogens is 363 g/mol. The first-order valence-electron chi connectivity index (χ1n) is 8.87. The highest BCUT2D eigenvalue weighted by Crippen LogP contribution is 2.34. The minimum Gasteiger partial charge on any atom is -0.493 e. The van der Waals surface area contributed by atoms with E-state index in [2.05, 4.69) is 15.6 Å². The van der Waals surface area contributed by atoms with E-state index in [0.717, 1.165) is 24.8 Å². The SMILES string of the molecule is CN=C(NCc1ccc(OCC(F)(F)F)c(OC)c1)NC1CC2CCC1O2. The molecule has 1 aromatic carbocycles. The molecule has 6 nitrogen and oxygen atoms in total. The third kappa shape index (κ3) is 5.18. The molecule has 2 aliphatic rings. The molecule has 3 rings (SSSR count). The first-order valence-corrected chi connectivity index (χ1v) is 8.87. The summed E-state index contributed by atoms with van der Waals surface area (Å²) in [6.07, 6.45) is -0.650. The Bertz CT molecular complexity index is 682. The second-order valence-electron chi connectivity index (χ2n) is 6.68. The van der Waals surface area contributed by atoms with Crippen LogP contribution >= 0.6 is 0 Å². The highest BCUT2D eigenvalue weighted by molar-refractivity contribution is 5.80. The number of methoxy groups -OCH3 is 1. The van der Waals surface area contributed by atoms with Crippen LogP contribution < -0.4 is 20.1 Å². The number of fused-ring (bicyclic) bond motifs is 2. The Morgan fingerprint density at radius 3 is 2.70 bits per heavy atom. The van der Waals surface area contributed by atoms with E-state index in [4.69, 9.17) is 14.2 Å². The van der Waals surface area contributed by atoms with Gasteiger partial charge in [-0.25, -0.2) is 0 Å². The molecule has 2 fully saturated rings. The molecule has 2 bridgehead atoms. The molecule has 2 aliphatic heterocycles. The van der Waals surface area contributed by atoms with Gasteiger partial charge in [-0.15, -0.1) is 0 Å². The molecule has 3 atom stereocenters. The zero-order valence-corrected chi connectivity index (χ0v) is 15.3. The molecular formula is C18H24F3N3O3. The van der Waals surface area contributed by atoms with Gasteiger partial charge < -0.3 is 24.8 Å². The lowest BCUT2D eigenvalue weighted by Gasteiger charge is -2.22. The Balaban J connectivity index is 1.55. The maximum atomic E-state index is 12.3. The number of nitrogens with zero attached hydrogens (tertiary/aromatic N) is 1. The fourth-order valence-electron chi connectivity index (χ4n) is 3.45. The van der Waals surface area contributed by atoms with Crippen molar-refractivity contribution in [1.82, 2.24) is 10.6 Å². The molecule has 0 aromatic heterocycles. The highest BCUT2D eigenvalue weighted by atomic mass is 19.4. The lowest BCUT2D eigenvalue weighted by molar-refractivity contribution is -0.153. The quantitative estimate of drug-likeness (QED) is 0.580. The standard InChI is InChI=1S/C18H24F3N3O3/c1-22-17(24-13-8-12-4-6-14(13)27-12)23-9-11-3-5-15(16(7-11)25-2)26-10-18(19,20)21/h3,5,7,12-14H,4,6,8-10H2,1-2H3,(H2,22,23,24). The van der Waals surface area contributed by atoms with Gasteiger partial charge in [0.15, 0.2) is 24.1 Å². The average molecular weight is 387 g/mol. The number of guanidine groups is 1. The number of rotatable bonds is 6. The van der Waals surface area contributed by atoms with Gasteiger partial charge in [0, 0.05) is 13.6 Å². The van der Waals surface area contributed by atoms with Crippen LogP contribution in [-0.2, 0) is 11.3 Å². The van der Waals surface area contributed by atoms with Crippen molar-refractivity contribution in [2.75, 3.05) is 20.8 Å². The predicted molar refractivity (Wildman–Crippen MR) is 94.2 cm³/mol. The normalized spacial score (nSPS) is 24.8. The largest absolute Gasteiger partial charge is 0.493 e. The van der Waals surface area contributed by atoms with Gasteiger partial charge in [0.1, 0.15) is 0 Å². The van der Waals surface area contributed by atoms with Gasteiger partial charge in [-0.1, -0.05) is 6.07 Å². The van der Waals surface area contributed by atoms with E-state index in [1.54, 1.807) is 19.2 Å². The summed E-state index contributed by atoms with van der Waals surface area (Å²) in [5, 5.41) is 6.58. The highest BCUT2D eigenvalue weighted by Gasteiger charge is 2.41. The predicted octanol–water partition coefficient (Wildman–Crippen LogP) is 2.62. The van der Waals surface area contributed by atoms with Crippen molar-refractivity contribution < 1.29 is 27.4 Å². The molecule has 0 amide bonds. The number of halogens is 3. The summed E-state index contributed by atoms with van der Waals surface area (Å²) in [6, 6.07) is 5.06. The lowest BCUT2D eigenvalue weighted by atomic mass is 9.96. The Hall–Kier alpha value is -2.16. The fraction of sp³-hybridized carbons (Fsp3) is 0.611. The molecule has 2 heterocycles. The van der Waals surface area contributed by atoms with Crippen LogP contribution in [0.1, 0.15) is 24.8 Å². The maximum Gasteiger partial charge on any atom is 0.422 e. The van der Waals surface area contributed by atoms with Crippen LogP contribution in [0.3, 0.4) is 0 Å². The van der Waals surface area contributed by atoms with Gasteiger partial charge in [0.25, 0.3) is 0 Å². The van der Waals surface area contributed by atoms with Crippen LogP contribution in [0.15, 0.2) is 23.2 Å². The van der Waals surface area contributed by atoms with Crippen molar-refractivity contribution in [3.8, 4) is 11.5 Å². The number of ether oxygens (including phenoxy) is 3. The Kier molecular flexibility index (Phi) is 5.98. The van der Waals surface area contributed by atoms with Crippen LogP contribution in [0, 0.1) is 0 Å². The zero-order chi connectivity index (χ0) is 19.4. The Labute approximate surface area is 156 Å². The summed E-state index contributed by atoms with van der Waals surface area (Å²) >= 11 is 0. The molecule has 0 aliphatic carbocycles. The van der Waals surface area contributed by atoms with Crippen molar-refractivity contribution in [1.29, 1.82) is 0 Å². The van der Waals surface area contributed by atoms with E-state index in [1.165, 1.54) is 13.2 Å². The first kappa shape index (κ1) is 19.6. The zero-order valence-electron chi connectivity index (χ0n) is 15.3. The number of nitrogens with one attached hydrogen (secondary N) is 2. The second-order valence-corrected chi connectivity index (χ2v) is 6.68. The number of alkyl halides is 3. The maximum absolute atomic E-state index is 12.3. The van der Waals surface area contributed by atoms with Gasteiger partial charge in [0.2, 0.25) is 0 Å². The van der Waals surface area contributed by atoms with Crippen molar-refractivity contribution in [3.05, 3.63) is 23.8 Å². The summed E-state index contributed by atoms with van der Waals surface area (Å²) in [7, 11) is 3.08. The molecule has 150 valence electrons. The lowest BCUT2D eigenvalue weighted by Crippen LogP contribution is -2.47. The average Bonchev–Trinajstić information content (AvgIpc) is 3.26. The third-order valence-electron chi connectivity index (χ3n) is 4.73. The summed E-state index contributed by atoms with van der Waals surface area (Å²) in [5.41, 5.74) is 0.832. The van der Waals surface area contributed by atoms with E-state index in [0.29, 0.717) is 18.6 Å². The van der Waals surface area contributed by atoms with Crippen LogP contribution in [0.5, 0.6) is 11.5 Å². The van der Waals surface area contributed by atoms with Crippen LogP contribution in [0.4, 0.5) is 13.2 Å². The van der Waals surface area contributed by atoms with Crippen LogP contribution in [-0.4, -0.2) is 51.1 Å². The summed E-state index contributed by atoms with van der Waals surface area (Å²) < 4.78 is 52.7. The van der Waals surface area contributed by atoms with E-state index in [9.17, 15) is 13.2 Å². The molecule has 9 heteroatoms. The minimum atomic E-state index is -4.40. The van der Waals surface area contributed by atoms with Crippen molar-refractivity contribution in [2.45, 2.75) is 50.2 Å². The Morgan fingerprint density at radius 1 is 1.30 bits per heavy atom. The number of hydrogen-bond acceptors (Lipinski definition) is 4. The van der Waals surface area contributed by atoms with Crippen LogP contribution in [0.2, 0.25) is 0 Å². The topological polar surface area (TPSA) is 64.1 Å². The van der Waals surface area contributed by atoms with E-state index in [-0.39, 0.29) is 23.6 Å². The fourth-order valence-corrected chi connectivity index (χ4v) is 3.45. The molecule has 1 aromatic rings. The van der Waals surface area contributed by atoms with Crippen molar-refractivity contribution >= 4 is 5.96 Å². The summed E-state index contributed by atoms with van der Waals surface area (Å²) in [5.74, 6) is 0.968. The summed E-state index contributed by atoms with van der Waals surface area (Å²) in [4.78, 5) is 4.22. The summed E-state index contributed by atoms with van der Waals surface area (Å²) in [6.45, 7) is -0.916. The molecule has 0 radical (unpaired) electrons. The van der Waals surface area contributed by atoms with Gasteiger partial charge >= 0.3 is 6.18 Å². The van der Waals surface area contributed by atoms with Gasteiger partial charge in [0.05, 0.1) is 25.4 Å². The molecule has 2 saturated heterocycles. The number of benzene rings is 1. The van der Waals surface area contributed by atoms with Gasteiger partial charge in [-0.2, -0.15) is 13.2 Å². The minimum absolute atomic E-state index is 0.0558. The second kappa shape index (κ2) is 8.24. The van der Waals surface area contributed by atoms with Gasteiger partial charge in [-0.3, -0.25) is 4.99 Å². The van der Waals surface area contributed by atoms with E-state index in [1.807, 2.05) is 0 Å². The molecule has 0 spiro atoms. The van der Waals surface area contributed by atoms with Crippen LogP contribution in [0.25, 0.3) is 0 Å². The molecule has 2 N–H and O–H groups in total. The van der Waals surface area contributed by atoms with E-state index < -0.39 is 12.8 Å². The first-order chi connectivity index (χ1) is 12.9. The number of hydrogen-bond donors (Lipinski definition) is 2. The molecule has 0 saturated carbocycles.